The third-order valence-corrected chi connectivity index (χ3v) is 4.94. The summed E-state index contributed by atoms with van der Waals surface area (Å²) in [5.41, 5.74) is -0.608. The van der Waals surface area contributed by atoms with E-state index in [1.54, 1.807) is 62.4 Å². The van der Waals surface area contributed by atoms with E-state index in [9.17, 15) is 14.4 Å². The van der Waals surface area contributed by atoms with Gasteiger partial charge in [-0.1, -0.05) is 18.2 Å². The predicted molar refractivity (Wildman–Crippen MR) is 107 cm³/mol. The van der Waals surface area contributed by atoms with Crippen LogP contribution in [0.15, 0.2) is 63.8 Å². The summed E-state index contributed by atoms with van der Waals surface area (Å²) in [6.07, 6.45) is -1.81. The molecule has 7 nitrogen and oxygen atoms in total. The number of rotatable bonds is 4. The predicted octanol–water partition coefficient (Wildman–Crippen LogP) is 3.79. The quantitative estimate of drug-likeness (QED) is 0.479. The first-order chi connectivity index (χ1) is 14.3. The molecule has 1 aliphatic rings. The van der Waals surface area contributed by atoms with Crippen molar-refractivity contribution in [1.82, 2.24) is 0 Å². The van der Waals surface area contributed by atoms with Gasteiger partial charge in [-0.3, -0.25) is 4.79 Å². The fourth-order valence-electron chi connectivity index (χ4n) is 3.67. The first kappa shape index (κ1) is 19.7. The molecule has 2 atom stereocenters. The molecular formula is C23H20O7. The highest BCUT2D eigenvalue weighted by atomic mass is 16.6. The van der Waals surface area contributed by atoms with E-state index in [-0.39, 0.29) is 5.58 Å². The van der Waals surface area contributed by atoms with E-state index in [2.05, 4.69) is 0 Å². The second kappa shape index (κ2) is 7.33. The standard InChI is InChI=1S/C23H20O7/c1-13(24)30-23(2,3)21-20(29-22(26)15-7-5-4-6-8-15)18-16(27-21)11-9-14-10-12-17(25)28-19(14)18/h4-12,20-21H,1-3H3/t20-,21+/m1/s1. The zero-order valence-corrected chi connectivity index (χ0v) is 16.7. The van der Waals surface area contributed by atoms with Gasteiger partial charge in [-0.25, -0.2) is 9.59 Å². The Morgan fingerprint density at radius 3 is 2.40 bits per heavy atom. The molecule has 7 heteroatoms. The normalized spacial score (nSPS) is 17.8. The van der Waals surface area contributed by atoms with E-state index in [0.29, 0.717) is 22.3 Å². The van der Waals surface area contributed by atoms with E-state index in [4.69, 9.17) is 18.6 Å². The summed E-state index contributed by atoms with van der Waals surface area (Å²) in [6, 6.07) is 14.9. The molecule has 2 aromatic carbocycles. The van der Waals surface area contributed by atoms with Crippen molar-refractivity contribution in [1.29, 1.82) is 0 Å². The number of carbonyl (C=O) groups excluding carboxylic acids is 2. The zero-order chi connectivity index (χ0) is 21.5. The molecule has 0 fully saturated rings. The second-order valence-corrected chi connectivity index (χ2v) is 7.58. The molecule has 3 aromatic rings. The first-order valence-corrected chi connectivity index (χ1v) is 9.45. The maximum atomic E-state index is 12.8. The van der Waals surface area contributed by atoms with Crippen molar-refractivity contribution >= 4 is 22.9 Å². The summed E-state index contributed by atoms with van der Waals surface area (Å²) in [6.45, 7) is 4.64. The van der Waals surface area contributed by atoms with Crippen molar-refractivity contribution < 1.29 is 28.2 Å². The zero-order valence-electron chi connectivity index (χ0n) is 16.7. The van der Waals surface area contributed by atoms with Crippen molar-refractivity contribution in [3.05, 3.63) is 76.1 Å². The largest absolute Gasteiger partial charge is 0.481 e. The molecule has 2 heterocycles. The lowest BCUT2D eigenvalue weighted by atomic mass is 9.93. The number of hydrogen-bond donors (Lipinski definition) is 0. The van der Waals surface area contributed by atoms with Gasteiger partial charge < -0.3 is 18.6 Å². The third kappa shape index (κ3) is 3.54. The fourth-order valence-corrected chi connectivity index (χ4v) is 3.67. The van der Waals surface area contributed by atoms with E-state index in [1.807, 2.05) is 0 Å². The fraction of sp³-hybridized carbons (Fsp3) is 0.261. The lowest BCUT2D eigenvalue weighted by molar-refractivity contribution is -0.168. The maximum absolute atomic E-state index is 12.8. The van der Waals surface area contributed by atoms with Crippen molar-refractivity contribution in [2.45, 2.75) is 38.6 Å². The van der Waals surface area contributed by atoms with Crippen LogP contribution in [0.25, 0.3) is 11.0 Å². The Kier molecular flexibility index (Phi) is 4.81. The number of hydrogen-bond acceptors (Lipinski definition) is 7. The number of ether oxygens (including phenoxy) is 3. The van der Waals surface area contributed by atoms with E-state index in [1.165, 1.54) is 13.0 Å². The van der Waals surface area contributed by atoms with Crippen LogP contribution >= 0.6 is 0 Å². The van der Waals surface area contributed by atoms with Crippen molar-refractivity contribution in [3.63, 3.8) is 0 Å². The number of fused-ring (bicyclic) bond motifs is 3. The molecule has 1 aromatic heterocycles. The topological polar surface area (TPSA) is 92.0 Å². The second-order valence-electron chi connectivity index (χ2n) is 7.58. The molecular weight excluding hydrogens is 388 g/mol. The summed E-state index contributed by atoms with van der Waals surface area (Å²) in [7, 11) is 0. The van der Waals surface area contributed by atoms with Gasteiger partial charge in [-0.2, -0.15) is 0 Å². The molecule has 0 bridgehead atoms. The monoisotopic (exact) mass is 408 g/mol. The summed E-state index contributed by atoms with van der Waals surface area (Å²) >= 11 is 0. The van der Waals surface area contributed by atoms with Crippen LogP contribution < -0.4 is 10.4 Å². The summed E-state index contributed by atoms with van der Waals surface area (Å²) in [4.78, 5) is 36.4. The van der Waals surface area contributed by atoms with Crippen molar-refractivity contribution in [3.8, 4) is 5.75 Å². The summed E-state index contributed by atoms with van der Waals surface area (Å²) in [5.74, 6) is -0.673. The van der Waals surface area contributed by atoms with Crippen LogP contribution in [0.2, 0.25) is 0 Å². The van der Waals surface area contributed by atoms with Gasteiger partial charge in [0.25, 0.3) is 0 Å². The van der Waals surface area contributed by atoms with Gasteiger partial charge in [0.2, 0.25) is 0 Å². The van der Waals surface area contributed by atoms with E-state index < -0.39 is 35.4 Å². The lowest BCUT2D eigenvalue weighted by Gasteiger charge is -2.33. The minimum Gasteiger partial charge on any atom is -0.481 e. The SMILES string of the molecule is CC(=O)OC(C)(C)[C@H]1Oc2ccc3ccc(=O)oc3c2[C@H]1OC(=O)c1ccccc1. The van der Waals surface area contributed by atoms with Gasteiger partial charge in [0.1, 0.15) is 16.9 Å². The molecule has 30 heavy (non-hydrogen) atoms. The molecule has 1 aliphatic heterocycles. The third-order valence-electron chi connectivity index (χ3n) is 4.94. The molecule has 0 saturated carbocycles. The van der Waals surface area contributed by atoms with Crippen LogP contribution in [0.4, 0.5) is 0 Å². The van der Waals surface area contributed by atoms with Crippen molar-refractivity contribution in [2.24, 2.45) is 0 Å². The Morgan fingerprint density at radius 2 is 1.70 bits per heavy atom. The highest BCUT2D eigenvalue weighted by Crippen LogP contribution is 2.47. The van der Waals surface area contributed by atoms with E-state index >= 15 is 0 Å². The smallest absolute Gasteiger partial charge is 0.338 e. The van der Waals surface area contributed by atoms with Gasteiger partial charge >= 0.3 is 17.6 Å². The molecule has 0 N–H and O–H groups in total. The highest BCUT2D eigenvalue weighted by molar-refractivity contribution is 5.90. The minimum absolute atomic E-state index is 0.270. The van der Waals surface area contributed by atoms with Gasteiger partial charge in [-0.05, 0) is 44.2 Å². The Balaban J connectivity index is 1.83. The van der Waals surface area contributed by atoms with Gasteiger partial charge in [0, 0.05) is 18.4 Å². The van der Waals surface area contributed by atoms with Crippen LogP contribution in [-0.4, -0.2) is 23.6 Å². The van der Waals surface area contributed by atoms with Crippen molar-refractivity contribution in [2.75, 3.05) is 0 Å². The molecule has 0 unspecified atom stereocenters. The van der Waals surface area contributed by atoms with Crippen LogP contribution in [0, 0.1) is 0 Å². The Bertz CT molecular complexity index is 1180. The van der Waals surface area contributed by atoms with Crippen LogP contribution in [-0.2, 0) is 14.3 Å². The molecule has 0 amide bonds. The molecule has 0 radical (unpaired) electrons. The Morgan fingerprint density at radius 1 is 1.00 bits per heavy atom. The Labute approximate surface area is 172 Å². The average molecular weight is 408 g/mol. The maximum Gasteiger partial charge on any atom is 0.338 e. The average Bonchev–Trinajstić information content (AvgIpc) is 3.07. The number of carbonyl (C=O) groups is 2. The van der Waals surface area contributed by atoms with Gasteiger partial charge in [0.15, 0.2) is 12.2 Å². The van der Waals surface area contributed by atoms with Gasteiger partial charge in [-0.15, -0.1) is 0 Å². The summed E-state index contributed by atoms with van der Waals surface area (Å²) < 4.78 is 22.8. The highest BCUT2D eigenvalue weighted by Gasteiger charge is 2.50. The first-order valence-electron chi connectivity index (χ1n) is 9.45. The molecule has 154 valence electrons. The lowest BCUT2D eigenvalue weighted by Crippen LogP contribution is -2.46. The molecule has 4 rings (SSSR count). The Hall–Kier alpha value is -3.61. The number of benzene rings is 2. The van der Waals surface area contributed by atoms with E-state index in [0.717, 1.165) is 0 Å². The number of esters is 2. The van der Waals surface area contributed by atoms with Crippen LogP contribution in [0.1, 0.15) is 42.8 Å². The molecule has 0 spiro atoms. The molecule has 0 aliphatic carbocycles. The van der Waals surface area contributed by atoms with Crippen LogP contribution in [0.3, 0.4) is 0 Å². The van der Waals surface area contributed by atoms with Crippen LogP contribution in [0.5, 0.6) is 5.75 Å². The molecule has 0 saturated heterocycles. The summed E-state index contributed by atoms with van der Waals surface area (Å²) in [5, 5.41) is 0.656. The minimum atomic E-state index is -1.13. The van der Waals surface area contributed by atoms with Gasteiger partial charge in [0.05, 0.1) is 11.1 Å².